The lowest BCUT2D eigenvalue weighted by molar-refractivity contribution is -0.145. The van der Waals surface area contributed by atoms with Gasteiger partial charge in [-0.2, -0.15) is 0 Å². The van der Waals surface area contributed by atoms with Gasteiger partial charge < -0.3 is 36.0 Å². The van der Waals surface area contributed by atoms with Gasteiger partial charge in [-0.05, 0) is 70.4 Å². The molecule has 244 valence electrons. The summed E-state index contributed by atoms with van der Waals surface area (Å²) in [4.78, 5) is 68.0. The highest BCUT2D eigenvalue weighted by Gasteiger charge is 2.61. The second-order valence-corrected chi connectivity index (χ2v) is 13.6. The number of aliphatic carboxylic acids is 1. The van der Waals surface area contributed by atoms with Gasteiger partial charge in [0.1, 0.15) is 29.3 Å². The molecule has 2 fully saturated rings. The molecule has 0 bridgehead atoms. The Morgan fingerprint density at radius 3 is 2.62 bits per heavy atom. The zero-order chi connectivity index (χ0) is 32.4. The van der Waals surface area contributed by atoms with Crippen LogP contribution in [-0.4, -0.2) is 82.1 Å². The van der Waals surface area contributed by atoms with Crippen molar-refractivity contribution in [1.82, 2.24) is 26.2 Å². The fourth-order valence-electron chi connectivity index (χ4n) is 6.68. The summed E-state index contributed by atoms with van der Waals surface area (Å²) in [5.41, 5.74) is -0.232. The summed E-state index contributed by atoms with van der Waals surface area (Å²) in [6, 6.07) is 4.61. The highest BCUT2D eigenvalue weighted by atomic mass is 16.6. The second kappa shape index (κ2) is 13.2. The fraction of sp³-hybridized carbons (Fsp3) is 0.606. The Morgan fingerprint density at radius 1 is 1.09 bits per heavy atom. The minimum Gasteiger partial charge on any atom is -0.479 e. The van der Waals surface area contributed by atoms with E-state index in [4.69, 9.17) is 4.74 Å². The second-order valence-electron chi connectivity index (χ2n) is 13.6. The molecule has 1 saturated carbocycles. The van der Waals surface area contributed by atoms with Gasteiger partial charge in [-0.3, -0.25) is 14.4 Å². The van der Waals surface area contributed by atoms with Crippen molar-refractivity contribution in [3.8, 4) is 0 Å². The van der Waals surface area contributed by atoms with Crippen molar-refractivity contribution in [2.45, 2.75) is 107 Å². The van der Waals surface area contributed by atoms with Crippen molar-refractivity contribution in [3.63, 3.8) is 0 Å². The van der Waals surface area contributed by atoms with E-state index in [0.717, 1.165) is 36.8 Å². The first-order chi connectivity index (χ1) is 21.4. The summed E-state index contributed by atoms with van der Waals surface area (Å²) < 4.78 is 5.44. The van der Waals surface area contributed by atoms with E-state index in [1.165, 1.54) is 4.90 Å². The molecule has 12 heteroatoms. The summed E-state index contributed by atoms with van der Waals surface area (Å²) in [5.74, 6) is -2.79. The van der Waals surface area contributed by atoms with Gasteiger partial charge in [-0.1, -0.05) is 49.3 Å². The average Bonchev–Trinajstić information content (AvgIpc) is 3.51. The molecule has 1 saturated heterocycles. The number of ether oxygens (including phenoxy) is 1. The normalized spacial score (nSPS) is 31.1. The quantitative estimate of drug-likeness (QED) is 0.319. The molecule has 1 aromatic carbocycles. The van der Waals surface area contributed by atoms with E-state index in [1.807, 2.05) is 36.4 Å². The number of allylic oxidation sites excluding steroid dienone is 1. The molecule has 1 aliphatic carbocycles. The molecule has 3 aliphatic heterocycles. The number of carbonyl (C=O) groups is 5. The molecule has 0 spiro atoms. The van der Waals surface area contributed by atoms with Crippen LogP contribution in [0.2, 0.25) is 0 Å². The lowest BCUT2D eigenvalue weighted by Gasteiger charge is -2.30. The number of nitrogens with zero attached hydrogens (tertiary/aromatic N) is 1. The highest BCUT2D eigenvalue weighted by Crippen LogP contribution is 2.45. The number of rotatable bonds is 4. The van der Waals surface area contributed by atoms with Crippen molar-refractivity contribution in [2.75, 3.05) is 13.1 Å². The van der Waals surface area contributed by atoms with Gasteiger partial charge in [0.05, 0.1) is 0 Å². The molecule has 4 aliphatic rings. The molecule has 45 heavy (non-hydrogen) atoms. The van der Waals surface area contributed by atoms with Gasteiger partial charge in [-0.25, -0.2) is 9.59 Å². The molecule has 0 aromatic heterocycles. The van der Waals surface area contributed by atoms with Crippen LogP contribution in [0.5, 0.6) is 0 Å². The molecular formula is C33H45N5O7. The van der Waals surface area contributed by atoms with Crippen LogP contribution in [0.15, 0.2) is 36.4 Å². The van der Waals surface area contributed by atoms with Crippen molar-refractivity contribution in [1.29, 1.82) is 0 Å². The molecule has 5 N–H and O–H groups in total. The Kier molecular flexibility index (Phi) is 9.52. The highest BCUT2D eigenvalue weighted by molar-refractivity contribution is 5.96. The number of benzene rings is 1. The molecule has 6 atom stereocenters. The number of nitrogens with one attached hydrogen (secondary N) is 4. The van der Waals surface area contributed by atoms with E-state index in [2.05, 4.69) is 21.3 Å². The number of fused-ring (bicyclic) bond motifs is 3. The van der Waals surface area contributed by atoms with Crippen molar-refractivity contribution >= 4 is 29.8 Å². The monoisotopic (exact) mass is 623 g/mol. The van der Waals surface area contributed by atoms with E-state index in [0.29, 0.717) is 19.4 Å². The summed E-state index contributed by atoms with van der Waals surface area (Å²) in [6.45, 7) is 5.87. The van der Waals surface area contributed by atoms with Gasteiger partial charge in [0.25, 0.3) is 0 Å². The van der Waals surface area contributed by atoms with Crippen LogP contribution in [-0.2, 0) is 30.3 Å². The first-order valence-corrected chi connectivity index (χ1v) is 16.0. The summed E-state index contributed by atoms with van der Waals surface area (Å²) in [7, 11) is 0. The van der Waals surface area contributed by atoms with Crippen molar-refractivity contribution < 1.29 is 33.8 Å². The van der Waals surface area contributed by atoms with Crippen molar-refractivity contribution in [3.05, 3.63) is 47.5 Å². The van der Waals surface area contributed by atoms with E-state index in [1.54, 1.807) is 20.8 Å². The molecule has 12 nitrogen and oxygen atoms in total. The van der Waals surface area contributed by atoms with Gasteiger partial charge >= 0.3 is 12.1 Å². The van der Waals surface area contributed by atoms with Crippen LogP contribution in [0, 0.1) is 5.92 Å². The van der Waals surface area contributed by atoms with Crippen LogP contribution < -0.4 is 21.3 Å². The lowest BCUT2D eigenvalue weighted by atomic mass is 9.93. The molecule has 3 heterocycles. The average molecular weight is 624 g/mol. The Labute approximate surface area is 263 Å². The maximum Gasteiger partial charge on any atom is 0.408 e. The molecule has 4 amide bonds. The number of carbonyl (C=O) groups excluding carboxylic acids is 4. The van der Waals surface area contributed by atoms with Crippen LogP contribution in [0.1, 0.15) is 82.9 Å². The predicted octanol–water partition coefficient (Wildman–Crippen LogP) is 2.33. The molecular weight excluding hydrogens is 578 g/mol. The SMILES string of the molecule is CC(C)(C)OC(=O)N[C@H]1CCCCC/C=C\[C@@H]2C[C@@]2(C(=O)O)NC(=O)[C@@H]2C[C@@H](NC(=O)C3NCCc4ccccc43)CN2C1=O. The minimum absolute atomic E-state index is 0.0347. The van der Waals surface area contributed by atoms with Crippen LogP contribution >= 0.6 is 0 Å². The number of hydrogen-bond donors (Lipinski definition) is 5. The smallest absolute Gasteiger partial charge is 0.408 e. The number of amides is 4. The van der Waals surface area contributed by atoms with Crippen LogP contribution in [0.3, 0.4) is 0 Å². The van der Waals surface area contributed by atoms with Crippen LogP contribution in [0.4, 0.5) is 4.79 Å². The molecule has 5 rings (SSSR count). The van der Waals surface area contributed by atoms with Gasteiger partial charge in [0.15, 0.2) is 0 Å². The number of carboxylic acids is 1. The third kappa shape index (κ3) is 7.49. The molecule has 0 radical (unpaired) electrons. The minimum atomic E-state index is -1.44. The van der Waals surface area contributed by atoms with Crippen molar-refractivity contribution in [2.24, 2.45) is 5.92 Å². The lowest BCUT2D eigenvalue weighted by Crippen LogP contribution is -2.56. The van der Waals surface area contributed by atoms with E-state index in [-0.39, 0.29) is 31.2 Å². The Hall–Kier alpha value is -3.93. The molecule has 1 unspecified atom stereocenters. The largest absolute Gasteiger partial charge is 0.479 e. The first kappa shape index (κ1) is 32.5. The van der Waals surface area contributed by atoms with Crippen LogP contribution in [0.25, 0.3) is 0 Å². The summed E-state index contributed by atoms with van der Waals surface area (Å²) in [6.07, 6.45) is 7.62. The van der Waals surface area contributed by atoms with Gasteiger partial charge in [0.2, 0.25) is 17.7 Å². The molecule has 1 aromatic rings. The van der Waals surface area contributed by atoms with E-state index in [9.17, 15) is 29.1 Å². The number of hydrogen-bond acceptors (Lipinski definition) is 7. The maximum absolute atomic E-state index is 14.1. The number of carboxylic acid groups (broad SMARTS) is 1. The Balaban J connectivity index is 1.39. The predicted molar refractivity (Wildman–Crippen MR) is 165 cm³/mol. The zero-order valence-corrected chi connectivity index (χ0v) is 26.3. The maximum atomic E-state index is 14.1. The van der Waals surface area contributed by atoms with Gasteiger partial charge in [0, 0.05) is 25.0 Å². The summed E-state index contributed by atoms with van der Waals surface area (Å²) in [5, 5.41) is 21.8. The number of alkyl carbamates (subject to hydrolysis) is 1. The zero-order valence-electron chi connectivity index (χ0n) is 26.3. The standard InChI is InChI=1S/C33H45N5O7/c1-32(2,3)45-31(44)36-24-14-8-6-4-5-7-12-21-18-33(21,30(42)43)37-27(39)25-17-22(19-38(25)29(24)41)35-28(40)26-23-13-10-9-11-20(23)15-16-34-26/h7,9-13,21-22,24-26,34H,4-6,8,14-19H2,1-3H3,(H,35,40)(H,36,44)(H,37,39)(H,42,43)/b12-7-/t21-,22-,24+,25+,26?,33-/m1/s1. The van der Waals surface area contributed by atoms with Gasteiger partial charge in [-0.15, -0.1) is 0 Å². The van der Waals surface area contributed by atoms with E-state index < -0.39 is 59.2 Å². The summed E-state index contributed by atoms with van der Waals surface area (Å²) >= 11 is 0. The van der Waals surface area contributed by atoms with E-state index >= 15 is 0 Å². The third-order valence-corrected chi connectivity index (χ3v) is 9.07. The Bertz CT molecular complexity index is 1360. The first-order valence-electron chi connectivity index (χ1n) is 16.0. The third-order valence-electron chi connectivity index (χ3n) is 9.07. The fourth-order valence-corrected chi connectivity index (χ4v) is 6.68. The topological polar surface area (TPSA) is 166 Å². The Morgan fingerprint density at radius 2 is 1.87 bits per heavy atom.